The minimum atomic E-state index is -0.759. The van der Waals surface area contributed by atoms with E-state index in [0.717, 1.165) is 12.8 Å². The van der Waals surface area contributed by atoms with Gasteiger partial charge in [0.1, 0.15) is 5.92 Å². The average Bonchev–Trinajstić information content (AvgIpc) is 3.15. The van der Waals surface area contributed by atoms with Crippen molar-refractivity contribution >= 4 is 17.3 Å². The highest BCUT2D eigenvalue weighted by Crippen LogP contribution is 2.38. The van der Waals surface area contributed by atoms with E-state index in [2.05, 4.69) is 5.10 Å². The monoisotopic (exact) mass is 228 g/mol. The molecule has 0 radical (unpaired) electrons. The van der Waals surface area contributed by atoms with Gasteiger partial charge >= 0.3 is 0 Å². The Bertz CT molecular complexity index is 509. The van der Waals surface area contributed by atoms with E-state index in [1.165, 1.54) is 0 Å². The van der Waals surface area contributed by atoms with Gasteiger partial charge in [0.15, 0.2) is 11.6 Å². The van der Waals surface area contributed by atoms with Crippen LogP contribution in [0.4, 0.5) is 0 Å². The van der Waals surface area contributed by atoms with Gasteiger partial charge in [-0.15, -0.1) is 0 Å². The molecule has 0 amide bonds. The van der Waals surface area contributed by atoms with Crippen molar-refractivity contribution < 1.29 is 9.59 Å². The molecule has 2 aliphatic rings. The fourth-order valence-corrected chi connectivity index (χ4v) is 2.41. The summed E-state index contributed by atoms with van der Waals surface area (Å²) in [6, 6.07) is 6.92. The molecule has 0 atom stereocenters. The number of fused-ring (bicyclic) bond motifs is 1. The summed E-state index contributed by atoms with van der Waals surface area (Å²) >= 11 is 0. The molecule has 0 saturated heterocycles. The molecule has 4 heteroatoms. The van der Waals surface area contributed by atoms with E-state index in [-0.39, 0.29) is 17.5 Å². The predicted molar refractivity (Wildman–Crippen MR) is 62.9 cm³/mol. The lowest BCUT2D eigenvalue weighted by molar-refractivity contribution is 0.0881. The summed E-state index contributed by atoms with van der Waals surface area (Å²) in [7, 11) is 0. The minimum absolute atomic E-state index is 0.151. The summed E-state index contributed by atoms with van der Waals surface area (Å²) in [6.07, 6.45) is 1.95. The molecule has 1 saturated carbocycles. The van der Waals surface area contributed by atoms with Crippen molar-refractivity contribution in [2.24, 2.45) is 22.8 Å². The third-order valence-corrected chi connectivity index (χ3v) is 3.42. The maximum absolute atomic E-state index is 12.2. The topological polar surface area (TPSA) is 72.5 Å². The highest BCUT2D eigenvalue weighted by atomic mass is 16.2. The van der Waals surface area contributed by atoms with Crippen LogP contribution in [-0.2, 0) is 0 Å². The van der Waals surface area contributed by atoms with Gasteiger partial charge in [0, 0.05) is 17.0 Å². The Morgan fingerprint density at radius 1 is 1.12 bits per heavy atom. The first-order chi connectivity index (χ1) is 8.24. The molecule has 4 nitrogen and oxygen atoms in total. The molecule has 17 heavy (non-hydrogen) atoms. The fourth-order valence-electron chi connectivity index (χ4n) is 2.41. The van der Waals surface area contributed by atoms with E-state index in [9.17, 15) is 9.59 Å². The van der Waals surface area contributed by atoms with Gasteiger partial charge in [-0.25, -0.2) is 0 Å². The lowest BCUT2D eigenvalue weighted by Gasteiger charge is -2.08. The molecule has 0 heterocycles. The molecule has 2 aliphatic carbocycles. The van der Waals surface area contributed by atoms with Crippen LogP contribution in [-0.4, -0.2) is 17.3 Å². The van der Waals surface area contributed by atoms with Crippen LogP contribution in [0, 0.1) is 11.8 Å². The van der Waals surface area contributed by atoms with Crippen molar-refractivity contribution in [2.45, 2.75) is 12.8 Å². The molecule has 0 bridgehead atoms. The summed E-state index contributed by atoms with van der Waals surface area (Å²) in [5, 5.41) is 3.69. The van der Waals surface area contributed by atoms with Gasteiger partial charge in [-0.3, -0.25) is 9.59 Å². The van der Waals surface area contributed by atoms with Gasteiger partial charge in [0.05, 0.1) is 5.71 Å². The fraction of sp³-hybridized carbons (Fsp3) is 0.308. The molecule has 3 rings (SSSR count). The molecule has 0 unspecified atom stereocenters. The average molecular weight is 228 g/mol. The van der Waals surface area contributed by atoms with Gasteiger partial charge in [0.25, 0.3) is 0 Å². The van der Waals surface area contributed by atoms with Crippen LogP contribution in [0.5, 0.6) is 0 Å². The Kier molecular flexibility index (Phi) is 2.11. The van der Waals surface area contributed by atoms with Gasteiger partial charge in [0.2, 0.25) is 0 Å². The molecule has 1 aromatic rings. The van der Waals surface area contributed by atoms with Crippen LogP contribution in [0.25, 0.3) is 0 Å². The number of hydrogen-bond acceptors (Lipinski definition) is 4. The third kappa shape index (κ3) is 1.40. The van der Waals surface area contributed by atoms with E-state index < -0.39 is 5.92 Å². The van der Waals surface area contributed by atoms with Gasteiger partial charge < -0.3 is 5.84 Å². The number of Topliss-reactive ketones (excluding diaryl/α,β-unsaturated/α-hetero) is 2. The number of carbonyl (C=O) groups excluding carboxylic acids is 2. The Morgan fingerprint density at radius 2 is 1.65 bits per heavy atom. The number of nitrogens with zero attached hydrogens (tertiary/aromatic N) is 1. The highest BCUT2D eigenvalue weighted by Gasteiger charge is 2.46. The number of carbonyl (C=O) groups is 2. The van der Waals surface area contributed by atoms with Crippen molar-refractivity contribution in [1.82, 2.24) is 0 Å². The zero-order chi connectivity index (χ0) is 12.0. The van der Waals surface area contributed by atoms with Crippen molar-refractivity contribution in [3.8, 4) is 0 Å². The molecule has 0 aliphatic heterocycles. The smallest absolute Gasteiger partial charge is 0.180 e. The maximum Gasteiger partial charge on any atom is 0.180 e. The Balaban J connectivity index is 2.05. The summed E-state index contributed by atoms with van der Waals surface area (Å²) in [5.74, 6) is 4.50. The predicted octanol–water partition coefficient (Wildman–Crippen LogP) is 1.41. The molecular formula is C13H12N2O2. The van der Waals surface area contributed by atoms with Crippen molar-refractivity contribution in [3.05, 3.63) is 35.4 Å². The summed E-state index contributed by atoms with van der Waals surface area (Å²) in [5.41, 5.74) is 1.57. The quantitative estimate of drug-likeness (QED) is 0.360. The second kappa shape index (κ2) is 3.52. The number of hydrazone groups is 1. The summed E-state index contributed by atoms with van der Waals surface area (Å²) in [4.78, 5) is 24.4. The van der Waals surface area contributed by atoms with E-state index in [1.54, 1.807) is 24.3 Å². The number of benzene rings is 1. The highest BCUT2D eigenvalue weighted by molar-refractivity contribution is 6.36. The van der Waals surface area contributed by atoms with Crippen LogP contribution >= 0.6 is 0 Å². The van der Waals surface area contributed by atoms with Gasteiger partial charge in [-0.1, -0.05) is 24.3 Å². The first-order valence-corrected chi connectivity index (χ1v) is 5.69. The van der Waals surface area contributed by atoms with Crippen LogP contribution in [0.15, 0.2) is 29.4 Å². The van der Waals surface area contributed by atoms with E-state index in [0.29, 0.717) is 16.8 Å². The van der Waals surface area contributed by atoms with Crippen LogP contribution < -0.4 is 5.84 Å². The van der Waals surface area contributed by atoms with Crippen molar-refractivity contribution in [1.29, 1.82) is 0 Å². The number of ketones is 2. The molecule has 1 aromatic carbocycles. The Labute approximate surface area is 98.5 Å². The first kappa shape index (κ1) is 10.2. The molecule has 1 fully saturated rings. The standard InChI is InChI=1S/C13H12N2O2/c14-15-11(7-5-6-7)10-12(16)8-3-1-2-4-9(8)13(10)17/h1-4,7,10H,5-6,14H2/b15-11+. The first-order valence-electron chi connectivity index (χ1n) is 5.69. The Morgan fingerprint density at radius 3 is 2.06 bits per heavy atom. The molecular weight excluding hydrogens is 216 g/mol. The molecule has 0 spiro atoms. The number of nitrogens with two attached hydrogens (primary N) is 1. The zero-order valence-corrected chi connectivity index (χ0v) is 9.22. The summed E-state index contributed by atoms with van der Waals surface area (Å²) in [6.45, 7) is 0. The normalized spacial score (nSPS) is 20.8. The van der Waals surface area contributed by atoms with E-state index in [1.807, 2.05) is 0 Å². The number of hydrogen-bond donors (Lipinski definition) is 1. The van der Waals surface area contributed by atoms with Crippen molar-refractivity contribution in [2.75, 3.05) is 0 Å². The van der Waals surface area contributed by atoms with Crippen LogP contribution in [0.2, 0.25) is 0 Å². The molecule has 2 N–H and O–H groups in total. The van der Waals surface area contributed by atoms with Gasteiger partial charge in [-0.2, -0.15) is 5.10 Å². The molecule has 0 aromatic heterocycles. The second-order valence-corrected chi connectivity index (χ2v) is 4.54. The third-order valence-electron chi connectivity index (χ3n) is 3.42. The maximum atomic E-state index is 12.2. The van der Waals surface area contributed by atoms with E-state index in [4.69, 9.17) is 5.84 Å². The Hall–Kier alpha value is -1.97. The number of rotatable bonds is 2. The largest absolute Gasteiger partial charge is 0.323 e. The molecule has 86 valence electrons. The lowest BCUT2D eigenvalue weighted by atomic mass is 9.94. The van der Waals surface area contributed by atoms with E-state index >= 15 is 0 Å². The second-order valence-electron chi connectivity index (χ2n) is 4.54. The minimum Gasteiger partial charge on any atom is -0.323 e. The zero-order valence-electron chi connectivity index (χ0n) is 9.22. The SMILES string of the molecule is N/N=C(\C1CC1)C1C(=O)c2ccccc2C1=O. The van der Waals surface area contributed by atoms with Crippen molar-refractivity contribution in [3.63, 3.8) is 0 Å². The van der Waals surface area contributed by atoms with Crippen LogP contribution in [0.1, 0.15) is 33.6 Å². The summed E-state index contributed by atoms with van der Waals surface area (Å²) < 4.78 is 0. The lowest BCUT2D eigenvalue weighted by Crippen LogP contribution is -2.28. The van der Waals surface area contributed by atoms with Gasteiger partial charge in [-0.05, 0) is 12.8 Å². The van der Waals surface area contributed by atoms with Crippen LogP contribution in [0.3, 0.4) is 0 Å².